The van der Waals surface area contributed by atoms with Crippen LogP contribution in [0.4, 0.5) is 0 Å². The fourth-order valence-electron chi connectivity index (χ4n) is 1.30. The van der Waals surface area contributed by atoms with Gasteiger partial charge in [0.25, 0.3) is 0 Å². The van der Waals surface area contributed by atoms with E-state index in [4.69, 9.17) is 5.11 Å². The molecular weight excluding hydrogens is 166 g/mol. The van der Waals surface area contributed by atoms with E-state index in [0.717, 1.165) is 25.8 Å². The lowest BCUT2D eigenvalue weighted by molar-refractivity contribution is 0.0491. The van der Waals surface area contributed by atoms with E-state index in [9.17, 15) is 5.11 Å². The molecule has 0 aromatic rings. The summed E-state index contributed by atoms with van der Waals surface area (Å²) in [4.78, 5) is 0. The van der Waals surface area contributed by atoms with E-state index in [2.05, 4.69) is 12.2 Å². The van der Waals surface area contributed by atoms with E-state index < -0.39 is 5.60 Å². The van der Waals surface area contributed by atoms with Crippen LogP contribution in [0.25, 0.3) is 0 Å². The van der Waals surface area contributed by atoms with Gasteiger partial charge in [-0.05, 0) is 33.2 Å². The van der Waals surface area contributed by atoms with E-state index in [0.29, 0.717) is 6.54 Å². The van der Waals surface area contributed by atoms with Gasteiger partial charge in [-0.15, -0.1) is 0 Å². The average molecular weight is 189 g/mol. The first-order chi connectivity index (χ1) is 5.98. The molecule has 3 N–H and O–H groups in total. The van der Waals surface area contributed by atoms with Gasteiger partial charge < -0.3 is 15.5 Å². The Bertz CT molecular complexity index is 124. The summed E-state index contributed by atoms with van der Waals surface area (Å²) in [5.41, 5.74) is -0.604. The second kappa shape index (κ2) is 6.35. The normalized spacial score (nSPS) is 18.2. The molecule has 3 heteroatoms. The molecule has 0 amide bonds. The third-order valence-electron chi connectivity index (χ3n) is 2.03. The first kappa shape index (κ1) is 12.9. The zero-order valence-electron chi connectivity index (χ0n) is 9.01. The predicted molar refractivity (Wildman–Crippen MR) is 54.7 cm³/mol. The molecule has 80 valence electrons. The molecule has 0 radical (unpaired) electrons. The van der Waals surface area contributed by atoms with Crippen molar-refractivity contribution >= 4 is 0 Å². The Morgan fingerprint density at radius 2 is 2.08 bits per heavy atom. The van der Waals surface area contributed by atoms with Crippen LogP contribution in [0.3, 0.4) is 0 Å². The Labute approximate surface area is 81.2 Å². The van der Waals surface area contributed by atoms with Gasteiger partial charge in [0.15, 0.2) is 0 Å². The molecule has 0 aromatic carbocycles. The third kappa shape index (κ3) is 8.22. The largest absolute Gasteiger partial charge is 0.393 e. The molecule has 0 aliphatic carbocycles. The Morgan fingerprint density at radius 1 is 1.46 bits per heavy atom. The molecule has 0 fully saturated rings. The van der Waals surface area contributed by atoms with Crippen LogP contribution < -0.4 is 5.32 Å². The van der Waals surface area contributed by atoms with Gasteiger partial charge in [0.05, 0.1) is 11.7 Å². The van der Waals surface area contributed by atoms with E-state index in [1.165, 1.54) is 0 Å². The average Bonchev–Trinajstić information content (AvgIpc) is 1.98. The van der Waals surface area contributed by atoms with Gasteiger partial charge in [-0.25, -0.2) is 0 Å². The SMILES string of the molecule is CCCC(C)(O)CNCCC(C)O. The number of aliphatic hydroxyl groups excluding tert-OH is 1. The van der Waals surface area contributed by atoms with Crippen molar-refractivity contribution < 1.29 is 10.2 Å². The molecule has 0 saturated carbocycles. The molecule has 0 spiro atoms. The van der Waals surface area contributed by atoms with E-state index in [1.54, 1.807) is 6.92 Å². The lowest BCUT2D eigenvalue weighted by Crippen LogP contribution is -2.38. The van der Waals surface area contributed by atoms with Crippen molar-refractivity contribution in [3.8, 4) is 0 Å². The summed E-state index contributed by atoms with van der Waals surface area (Å²) >= 11 is 0. The van der Waals surface area contributed by atoms with Gasteiger partial charge >= 0.3 is 0 Å². The van der Waals surface area contributed by atoms with Crippen LogP contribution in [0.1, 0.15) is 40.0 Å². The van der Waals surface area contributed by atoms with Crippen molar-refractivity contribution in [3.05, 3.63) is 0 Å². The smallest absolute Gasteiger partial charge is 0.0743 e. The van der Waals surface area contributed by atoms with Crippen LogP contribution in [0.15, 0.2) is 0 Å². The zero-order chi connectivity index (χ0) is 10.3. The summed E-state index contributed by atoms with van der Waals surface area (Å²) in [6.45, 7) is 7.03. The highest BCUT2D eigenvalue weighted by molar-refractivity contribution is 4.74. The maximum absolute atomic E-state index is 9.75. The summed E-state index contributed by atoms with van der Waals surface area (Å²) in [7, 11) is 0. The molecule has 0 rings (SSSR count). The van der Waals surface area contributed by atoms with Gasteiger partial charge in [0, 0.05) is 6.54 Å². The van der Waals surface area contributed by atoms with E-state index >= 15 is 0 Å². The second-order valence-corrected chi connectivity index (χ2v) is 4.06. The van der Waals surface area contributed by atoms with E-state index in [1.807, 2.05) is 6.92 Å². The summed E-state index contributed by atoms with van der Waals surface area (Å²) in [5, 5.41) is 21.9. The predicted octanol–water partition coefficient (Wildman–Crippen LogP) is 0.898. The fourth-order valence-corrected chi connectivity index (χ4v) is 1.30. The maximum atomic E-state index is 9.75. The minimum Gasteiger partial charge on any atom is -0.393 e. The van der Waals surface area contributed by atoms with Crippen molar-refractivity contribution in [1.29, 1.82) is 0 Å². The molecule has 0 heterocycles. The van der Waals surface area contributed by atoms with Crippen LogP contribution in [0.2, 0.25) is 0 Å². The quantitative estimate of drug-likeness (QED) is 0.522. The van der Waals surface area contributed by atoms with Crippen molar-refractivity contribution in [1.82, 2.24) is 5.32 Å². The van der Waals surface area contributed by atoms with Crippen molar-refractivity contribution in [3.63, 3.8) is 0 Å². The highest BCUT2D eigenvalue weighted by atomic mass is 16.3. The number of rotatable bonds is 7. The molecule has 3 nitrogen and oxygen atoms in total. The molecular formula is C10H23NO2. The highest BCUT2D eigenvalue weighted by Crippen LogP contribution is 2.09. The molecule has 0 aliphatic heterocycles. The number of hydrogen-bond donors (Lipinski definition) is 3. The molecule has 0 bridgehead atoms. The van der Waals surface area contributed by atoms with Gasteiger partial charge in [-0.2, -0.15) is 0 Å². The van der Waals surface area contributed by atoms with Gasteiger partial charge in [-0.3, -0.25) is 0 Å². The monoisotopic (exact) mass is 189 g/mol. The van der Waals surface area contributed by atoms with Crippen LogP contribution in [-0.2, 0) is 0 Å². The molecule has 13 heavy (non-hydrogen) atoms. The van der Waals surface area contributed by atoms with Crippen molar-refractivity contribution in [2.75, 3.05) is 13.1 Å². The van der Waals surface area contributed by atoms with Crippen LogP contribution >= 0.6 is 0 Å². The minimum absolute atomic E-state index is 0.261. The first-order valence-corrected chi connectivity index (χ1v) is 5.09. The fraction of sp³-hybridized carbons (Fsp3) is 1.00. The lowest BCUT2D eigenvalue weighted by atomic mass is 10.0. The number of aliphatic hydroxyl groups is 2. The van der Waals surface area contributed by atoms with E-state index in [-0.39, 0.29) is 6.10 Å². The maximum Gasteiger partial charge on any atom is 0.0743 e. The topological polar surface area (TPSA) is 52.5 Å². The van der Waals surface area contributed by atoms with Crippen molar-refractivity contribution in [2.45, 2.75) is 51.7 Å². The first-order valence-electron chi connectivity index (χ1n) is 5.09. The molecule has 0 aromatic heterocycles. The van der Waals surface area contributed by atoms with Gasteiger partial charge in [0.2, 0.25) is 0 Å². The molecule has 2 unspecified atom stereocenters. The Morgan fingerprint density at radius 3 is 2.54 bits per heavy atom. The second-order valence-electron chi connectivity index (χ2n) is 4.06. The summed E-state index contributed by atoms with van der Waals surface area (Å²) in [6.07, 6.45) is 2.28. The van der Waals surface area contributed by atoms with Gasteiger partial charge in [-0.1, -0.05) is 13.3 Å². The Hall–Kier alpha value is -0.120. The number of nitrogens with one attached hydrogen (secondary N) is 1. The summed E-state index contributed by atoms with van der Waals surface area (Å²) in [6, 6.07) is 0. The molecule has 2 atom stereocenters. The Kier molecular flexibility index (Phi) is 6.29. The van der Waals surface area contributed by atoms with Crippen LogP contribution in [0.5, 0.6) is 0 Å². The number of hydrogen-bond acceptors (Lipinski definition) is 3. The summed E-state index contributed by atoms with van der Waals surface area (Å²) in [5.74, 6) is 0. The van der Waals surface area contributed by atoms with Crippen LogP contribution in [0, 0.1) is 0 Å². The molecule has 0 aliphatic rings. The van der Waals surface area contributed by atoms with Crippen molar-refractivity contribution in [2.24, 2.45) is 0 Å². The molecule has 0 saturated heterocycles. The van der Waals surface area contributed by atoms with Crippen LogP contribution in [-0.4, -0.2) is 35.0 Å². The highest BCUT2D eigenvalue weighted by Gasteiger charge is 2.17. The Balaban J connectivity index is 3.40. The standard InChI is InChI=1S/C10H23NO2/c1-4-6-10(3,13)8-11-7-5-9(2)12/h9,11-13H,4-8H2,1-3H3. The zero-order valence-corrected chi connectivity index (χ0v) is 9.01. The third-order valence-corrected chi connectivity index (χ3v) is 2.03. The van der Waals surface area contributed by atoms with Gasteiger partial charge in [0.1, 0.15) is 0 Å². The minimum atomic E-state index is -0.604. The lowest BCUT2D eigenvalue weighted by Gasteiger charge is -2.23. The summed E-state index contributed by atoms with van der Waals surface area (Å²) < 4.78 is 0.